The molecule has 1 fully saturated rings. The molecule has 0 bridgehead atoms. The van der Waals surface area contributed by atoms with Gasteiger partial charge in [-0.25, -0.2) is 0 Å². The fourth-order valence-electron chi connectivity index (χ4n) is 2.00. The highest BCUT2D eigenvalue weighted by Crippen LogP contribution is 2.21. The van der Waals surface area contributed by atoms with Crippen molar-refractivity contribution >= 4 is 0 Å². The second-order valence-corrected chi connectivity index (χ2v) is 5.63. The van der Waals surface area contributed by atoms with Crippen molar-refractivity contribution < 1.29 is 14.5 Å². The summed E-state index contributed by atoms with van der Waals surface area (Å²) in [5.74, 6) is 0. The number of hydrogen-bond donors (Lipinski definition) is 0. The largest absolute Gasteiger partial charge is 0.569 e. The second kappa shape index (κ2) is 6.78. The van der Waals surface area contributed by atoms with E-state index in [1.165, 1.54) is 0 Å². The molecule has 0 amide bonds. The van der Waals surface area contributed by atoms with Crippen LogP contribution >= 0.6 is 0 Å². The summed E-state index contributed by atoms with van der Waals surface area (Å²) in [4.78, 5) is 5.83. The predicted octanol–water partition coefficient (Wildman–Crippen LogP) is 2.49. The topological polar surface area (TPSA) is 60.1 Å². The van der Waals surface area contributed by atoms with Crippen LogP contribution in [0.5, 0.6) is 0 Å². The van der Waals surface area contributed by atoms with E-state index in [-0.39, 0.29) is 11.6 Å². The van der Waals surface area contributed by atoms with Crippen molar-refractivity contribution in [2.45, 2.75) is 58.1 Å². The summed E-state index contributed by atoms with van der Waals surface area (Å²) in [6, 6.07) is 0. The first-order valence-corrected chi connectivity index (χ1v) is 6.55. The minimum absolute atomic E-state index is 0.102. The summed E-state index contributed by atoms with van der Waals surface area (Å²) < 4.78 is 5.01. The molecule has 0 N–H and O–H groups in total. The number of methoxy groups -OCH3 is 1. The zero-order chi connectivity index (χ0) is 13.6. The third-order valence-corrected chi connectivity index (χ3v) is 3.06. The first kappa shape index (κ1) is 15.0. The molecule has 0 radical (unpaired) electrons. The zero-order valence-electron chi connectivity index (χ0n) is 11.9. The highest BCUT2D eigenvalue weighted by molar-refractivity contribution is 4.68. The summed E-state index contributed by atoms with van der Waals surface area (Å²) in [5, 5.41) is 17.2. The molecule has 1 aliphatic rings. The fraction of sp³-hybridized carbons (Fsp3) is 1.00. The van der Waals surface area contributed by atoms with Gasteiger partial charge < -0.3 is 14.8 Å². The molecule has 0 spiro atoms. The van der Waals surface area contributed by atoms with Crippen LogP contribution in [0, 0.1) is 5.21 Å². The fourth-order valence-corrected chi connectivity index (χ4v) is 2.00. The van der Waals surface area contributed by atoms with Gasteiger partial charge in [-0.1, -0.05) is 0 Å². The van der Waals surface area contributed by atoms with E-state index in [9.17, 15) is 5.21 Å². The predicted molar refractivity (Wildman–Crippen MR) is 67.7 cm³/mol. The maximum atomic E-state index is 11.9. The molecular formula is C12H25N3O3. The van der Waals surface area contributed by atoms with Gasteiger partial charge in [-0.05, 0) is 46.5 Å². The molecule has 106 valence electrons. The van der Waals surface area contributed by atoms with Crippen LogP contribution in [0.3, 0.4) is 0 Å². The number of nitrogens with zero attached hydrogens (tertiary/aromatic N) is 3. The lowest BCUT2D eigenvalue weighted by molar-refractivity contribution is -0.726. The van der Waals surface area contributed by atoms with Crippen molar-refractivity contribution in [2.75, 3.05) is 20.3 Å². The van der Waals surface area contributed by atoms with E-state index in [1.807, 2.05) is 20.8 Å². The van der Waals surface area contributed by atoms with Crippen molar-refractivity contribution in [3.05, 3.63) is 5.21 Å². The molecule has 18 heavy (non-hydrogen) atoms. The monoisotopic (exact) mass is 259 g/mol. The third kappa shape index (κ3) is 4.68. The van der Waals surface area contributed by atoms with Crippen molar-refractivity contribution in [1.29, 1.82) is 0 Å². The van der Waals surface area contributed by atoms with Gasteiger partial charge in [-0.15, -0.1) is 5.01 Å². The smallest absolute Gasteiger partial charge is 0.233 e. The Kier molecular flexibility index (Phi) is 5.65. The normalized spacial score (nSPS) is 18.1. The van der Waals surface area contributed by atoms with Crippen molar-refractivity contribution in [1.82, 2.24) is 5.01 Å². The summed E-state index contributed by atoms with van der Waals surface area (Å²) >= 11 is 0. The van der Waals surface area contributed by atoms with Crippen LogP contribution in [0.1, 0.15) is 46.5 Å². The summed E-state index contributed by atoms with van der Waals surface area (Å²) in [5.41, 5.74) is -0.317. The minimum Gasteiger partial charge on any atom is -0.569 e. The molecule has 1 saturated carbocycles. The van der Waals surface area contributed by atoms with Gasteiger partial charge in [0.2, 0.25) is 5.28 Å². The Morgan fingerprint density at radius 3 is 2.44 bits per heavy atom. The Balaban J connectivity index is 2.56. The van der Waals surface area contributed by atoms with Gasteiger partial charge in [-0.2, -0.15) is 0 Å². The molecule has 1 rings (SSSR count). The Hall–Kier alpha value is -1.04. The lowest BCUT2D eigenvalue weighted by Crippen LogP contribution is -2.47. The van der Waals surface area contributed by atoms with E-state index in [2.05, 4.69) is 5.28 Å². The van der Waals surface area contributed by atoms with E-state index in [0.29, 0.717) is 18.1 Å². The lowest BCUT2D eigenvalue weighted by atomic mass is 10.1. The van der Waals surface area contributed by atoms with Crippen molar-refractivity contribution in [3.63, 3.8) is 0 Å². The lowest BCUT2D eigenvalue weighted by Gasteiger charge is -2.30. The summed E-state index contributed by atoms with van der Waals surface area (Å²) in [6.45, 7) is 6.84. The molecule has 6 nitrogen and oxygen atoms in total. The van der Waals surface area contributed by atoms with E-state index in [1.54, 1.807) is 12.1 Å². The molecule has 0 atom stereocenters. The van der Waals surface area contributed by atoms with E-state index in [4.69, 9.17) is 9.57 Å². The highest BCUT2D eigenvalue weighted by Gasteiger charge is 2.29. The third-order valence-electron chi connectivity index (χ3n) is 3.06. The SMILES string of the molecule is COCCN(/[N+]([O-])=N/OC1CCCC1)C(C)(C)C. The maximum Gasteiger partial charge on any atom is 0.233 e. The number of ether oxygens (including phenoxy) is 1. The van der Waals surface area contributed by atoms with Crippen LogP contribution in [-0.4, -0.2) is 41.9 Å². The average molecular weight is 259 g/mol. The molecule has 0 aromatic heterocycles. The van der Waals surface area contributed by atoms with E-state index >= 15 is 0 Å². The number of hydrazine groups is 1. The number of rotatable bonds is 6. The Labute approximate surface area is 109 Å². The first-order chi connectivity index (χ1) is 8.45. The first-order valence-electron chi connectivity index (χ1n) is 6.55. The van der Waals surface area contributed by atoms with Gasteiger partial charge in [-0.3, -0.25) is 0 Å². The van der Waals surface area contributed by atoms with Crippen LogP contribution < -0.4 is 0 Å². The molecule has 1 aliphatic carbocycles. The van der Waals surface area contributed by atoms with Gasteiger partial charge in [0.15, 0.2) is 0 Å². The van der Waals surface area contributed by atoms with Gasteiger partial charge in [0.1, 0.15) is 12.6 Å². The molecule has 0 unspecified atom stereocenters. The quantitative estimate of drug-likeness (QED) is 0.418. The zero-order valence-corrected chi connectivity index (χ0v) is 11.9. The van der Waals surface area contributed by atoms with Crippen molar-refractivity contribution in [3.8, 4) is 0 Å². The molecule has 0 aromatic rings. The van der Waals surface area contributed by atoms with E-state index in [0.717, 1.165) is 25.7 Å². The molecule has 0 aromatic carbocycles. The minimum atomic E-state index is -0.317. The molecular weight excluding hydrogens is 234 g/mol. The van der Waals surface area contributed by atoms with Crippen LogP contribution in [0.15, 0.2) is 5.28 Å². The molecule has 6 heteroatoms. The van der Waals surface area contributed by atoms with Gasteiger partial charge in [0.05, 0.1) is 17.1 Å². The van der Waals surface area contributed by atoms with Crippen LogP contribution in [0.25, 0.3) is 0 Å². The Morgan fingerprint density at radius 2 is 1.94 bits per heavy atom. The second-order valence-electron chi connectivity index (χ2n) is 5.63. The van der Waals surface area contributed by atoms with Gasteiger partial charge in [0, 0.05) is 7.11 Å². The van der Waals surface area contributed by atoms with E-state index < -0.39 is 0 Å². The van der Waals surface area contributed by atoms with Crippen LogP contribution in [-0.2, 0) is 9.57 Å². The van der Waals surface area contributed by atoms with Gasteiger partial charge in [0.25, 0.3) is 0 Å². The highest BCUT2D eigenvalue weighted by atomic mass is 16.7. The van der Waals surface area contributed by atoms with Gasteiger partial charge >= 0.3 is 0 Å². The standard InChI is InChI=1S/C12H25N3O3/c1-12(2,3)14(9-10-17-4)15(16)13-18-11-7-5-6-8-11/h11H,5-10H2,1-4H3/b15-13-. The Morgan fingerprint density at radius 1 is 1.33 bits per heavy atom. The summed E-state index contributed by atoms with van der Waals surface area (Å²) in [6.07, 6.45) is 4.40. The Bertz CT molecular complexity index is 270. The maximum absolute atomic E-state index is 11.9. The molecule has 0 saturated heterocycles. The average Bonchev–Trinajstić information content (AvgIpc) is 2.77. The molecule has 0 aliphatic heterocycles. The molecule has 0 heterocycles. The van der Waals surface area contributed by atoms with Crippen molar-refractivity contribution in [2.24, 2.45) is 5.28 Å². The summed E-state index contributed by atoms with van der Waals surface area (Å²) in [7, 11) is 1.61. The van der Waals surface area contributed by atoms with Crippen LogP contribution in [0.4, 0.5) is 0 Å². The number of hydrogen-bond acceptors (Lipinski definition) is 4. The van der Waals surface area contributed by atoms with Crippen LogP contribution in [0.2, 0.25) is 0 Å².